The number of ether oxygens (including phenoxy) is 3. The molecule has 4 aromatic rings. The lowest BCUT2D eigenvalue weighted by molar-refractivity contribution is -0.145. The fraction of sp³-hybridized carbons (Fsp3) is 0.281. The number of halogens is 2. The summed E-state index contributed by atoms with van der Waals surface area (Å²) in [7, 11) is 2.47. The highest BCUT2D eigenvalue weighted by Gasteiger charge is 2.18. The van der Waals surface area contributed by atoms with Crippen LogP contribution in [0.1, 0.15) is 26.4 Å². The number of pyridine rings is 1. The van der Waals surface area contributed by atoms with Crippen LogP contribution in [-0.2, 0) is 36.7 Å². The standard InChI is InChI=1S/C32H31F2N3O7S/c1-19-4-7-24(33)21(12-19)14-22(38)13-20-5-6-23(15-25(20)34)44-27-8-9-35-26-16-28(45-31(26)27)32(41)36-10-11-37(17-29(39)42-2)18-30(40)43-3/h4-9,12,15-16H,10-11,13-14,17-18H2,1-3H3,(H,36,41). The van der Waals surface area contributed by atoms with Crippen LogP contribution < -0.4 is 10.1 Å². The first-order valence-corrected chi connectivity index (χ1v) is 14.6. The zero-order chi connectivity index (χ0) is 32.5. The number of nitrogens with zero attached hydrogens (tertiary/aromatic N) is 2. The number of thiophene rings is 1. The number of Topliss-reactive ketones (excluding diaryl/α,β-unsaturated/α-hetero) is 1. The summed E-state index contributed by atoms with van der Waals surface area (Å²) in [5.74, 6) is -2.39. The van der Waals surface area contributed by atoms with Crippen molar-refractivity contribution in [3.05, 3.63) is 87.9 Å². The van der Waals surface area contributed by atoms with Gasteiger partial charge in [0.2, 0.25) is 0 Å². The minimum atomic E-state index is -0.643. The Morgan fingerprint density at radius 1 is 0.889 bits per heavy atom. The first-order chi connectivity index (χ1) is 21.6. The summed E-state index contributed by atoms with van der Waals surface area (Å²) < 4.78 is 44.8. The molecule has 2 aromatic heterocycles. The van der Waals surface area contributed by atoms with Crippen molar-refractivity contribution < 1.29 is 42.2 Å². The highest BCUT2D eigenvalue weighted by molar-refractivity contribution is 7.21. The van der Waals surface area contributed by atoms with Crippen molar-refractivity contribution in [2.45, 2.75) is 19.8 Å². The van der Waals surface area contributed by atoms with Crippen molar-refractivity contribution in [2.24, 2.45) is 0 Å². The zero-order valence-electron chi connectivity index (χ0n) is 24.9. The van der Waals surface area contributed by atoms with E-state index in [9.17, 15) is 28.0 Å². The van der Waals surface area contributed by atoms with E-state index in [1.165, 1.54) is 43.5 Å². The van der Waals surface area contributed by atoms with Gasteiger partial charge in [-0.15, -0.1) is 11.3 Å². The Balaban J connectivity index is 1.39. The number of rotatable bonds is 14. The molecule has 13 heteroatoms. The van der Waals surface area contributed by atoms with Gasteiger partial charge in [-0.2, -0.15) is 0 Å². The van der Waals surface area contributed by atoms with Crippen LogP contribution in [0.2, 0.25) is 0 Å². The van der Waals surface area contributed by atoms with Gasteiger partial charge in [-0.1, -0.05) is 23.8 Å². The van der Waals surface area contributed by atoms with E-state index in [4.69, 9.17) is 4.74 Å². The van der Waals surface area contributed by atoms with E-state index in [1.54, 1.807) is 31.2 Å². The van der Waals surface area contributed by atoms with Gasteiger partial charge in [0.05, 0.1) is 42.4 Å². The van der Waals surface area contributed by atoms with Gasteiger partial charge in [-0.3, -0.25) is 29.1 Å². The molecule has 0 unspecified atom stereocenters. The van der Waals surface area contributed by atoms with Gasteiger partial charge in [0, 0.05) is 44.3 Å². The van der Waals surface area contributed by atoms with E-state index in [0.717, 1.165) is 23.0 Å². The third-order valence-corrected chi connectivity index (χ3v) is 7.84. The summed E-state index contributed by atoms with van der Waals surface area (Å²) in [6, 6.07) is 11.8. The molecule has 0 aliphatic rings. The van der Waals surface area contributed by atoms with Gasteiger partial charge < -0.3 is 19.5 Å². The second-order valence-electron chi connectivity index (χ2n) is 10.1. The van der Waals surface area contributed by atoms with Gasteiger partial charge in [0.25, 0.3) is 5.91 Å². The molecule has 1 N–H and O–H groups in total. The molecule has 0 radical (unpaired) electrons. The van der Waals surface area contributed by atoms with Crippen LogP contribution in [0.5, 0.6) is 11.5 Å². The van der Waals surface area contributed by atoms with Gasteiger partial charge in [0.1, 0.15) is 28.9 Å². The molecule has 0 spiro atoms. The van der Waals surface area contributed by atoms with Crippen molar-refractivity contribution in [3.8, 4) is 11.5 Å². The highest BCUT2D eigenvalue weighted by atomic mass is 32.1. The Hall–Kier alpha value is -4.75. The van der Waals surface area contributed by atoms with E-state index in [1.807, 2.05) is 0 Å². The number of hydrogen-bond acceptors (Lipinski definition) is 10. The molecule has 1 amide bonds. The third-order valence-electron chi connectivity index (χ3n) is 6.70. The van der Waals surface area contributed by atoms with Crippen molar-refractivity contribution in [2.75, 3.05) is 40.4 Å². The Morgan fingerprint density at radius 2 is 1.60 bits per heavy atom. The van der Waals surface area contributed by atoms with Crippen LogP contribution in [0.3, 0.4) is 0 Å². The van der Waals surface area contributed by atoms with E-state index >= 15 is 0 Å². The Labute approximate surface area is 261 Å². The monoisotopic (exact) mass is 639 g/mol. The number of aryl methyl sites for hydroxylation is 1. The SMILES string of the molecule is COC(=O)CN(CCNC(=O)c1cc2nccc(Oc3ccc(CC(=O)Cc4cc(C)ccc4F)c(F)c3)c2s1)CC(=O)OC. The number of amides is 1. The van der Waals surface area contributed by atoms with Crippen molar-refractivity contribution in [3.63, 3.8) is 0 Å². The molecule has 0 saturated carbocycles. The number of nitrogens with one attached hydrogen (secondary N) is 1. The lowest BCUT2D eigenvalue weighted by atomic mass is 10.0. The van der Waals surface area contributed by atoms with Crippen LogP contribution >= 0.6 is 11.3 Å². The van der Waals surface area contributed by atoms with Crippen LogP contribution in [0, 0.1) is 18.6 Å². The highest BCUT2D eigenvalue weighted by Crippen LogP contribution is 2.35. The van der Waals surface area contributed by atoms with Crippen LogP contribution in [-0.4, -0.2) is 73.9 Å². The van der Waals surface area contributed by atoms with Gasteiger partial charge in [-0.05, 0) is 36.2 Å². The first-order valence-electron chi connectivity index (χ1n) is 13.8. The summed E-state index contributed by atoms with van der Waals surface area (Å²) in [6.07, 6.45) is 1.15. The summed E-state index contributed by atoms with van der Waals surface area (Å²) >= 11 is 1.13. The average Bonchev–Trinajstić information content (AvgIpc) is 3.46. The van der Waals surface area contributed by atoms with Gasteiger partial charge >= 0.3 is 11.9 Å². The zero-order valence-corrected chi connectivity index (χ0v) is 25.7. The van der Waals surface area contributed by atoms with Gasteiger partial charge in [-0.25, -0.2) is 8.78 Å². The number of hydrogen-bond donors (Lipinski definition) is 1. The van der Waals surface area contributed by atoms with Crippen molar-refractivity contribution in [1.82, 2.24) is 15.2 Å². The predicted octanol–water partition coefficient (Wildman–Crippen LogP) is 4.41. The summed E-state index contributed by atoms with van der Waals surface area (Å²) in [4.78, 5) is 54.9. The molecule has 10 nitrogen and oxygen atoms in total. The molecular weight excluding hydrogens is 608 g/mol. The lowest BCUT2D eigenvalue weighted by Gasteiger charge is -2.19. The number of ketones is 1. The largest absolute Gasteiger partial charge is 0.468 e. The Kier molecular flexibility index (Phi) is 11.3. The average molecular weight is 640 g/mol. The number of aromatic nitrogens is 1. The molecule has 2 aromatic carbocycles. The number of carbonyl (C=O) groups is 4. The maximum absolute atomic E-state index is 15.0. The summed E-state index contributed by atoms with van der Waals surface area (Å²) in [5, 5.41) is 2.75. The Bertz CT molecular complexity index is 1710. The number of carbonyl (C=O) groups excluding carboxylic acids is 4. The smallest absolute Gasteiger partial charge is 0.319 e. The summed E-state index contributed by atoms with van der Waals surface area (Å²) in [6.45, 7) is 1.81. The van der Waals surface area contributed by atoms with E-state index in [-0.39, 0.29) is 61.7 Å². The third kappa shape index (κ3) is 9.13. The maximum Gasteiger partial charge on any atom is 0.319 e. The fourth-order valence-electron chi connectivity index (χ4n) is 4.42. The quantitative estimate of drug-likeness (QED) is 0.200. The van der Waals surface area contributed by atoms with Crippen LogP contribution in [0.15, 0.2) is 54.7 Å². The van der Waals surface area contributed by atoms with E-state index in [0.29, 0.717) is 20.8 Å². The van der Waals surface area contributed by atoms with Crippen molar-refractivity contribution >= 4 is 45.2 Å². The van der Waals surface area contributed by atoms with Crippen molar-refractivity contribution in [1.29, 1.82) is 0 Å². The topological polar surface area (TPSA) is 124 Å². The second-order valence-corrected chi connectivity index (χ2v) is 11.1. The number of methoxy groups -OCH3 is 2. The van der Waals surface area contributed by atoms with E-state index in [2.05, 4.69) is 19.8 Å². The second kappa shape index (κ2) is 15.3. The molecule has 45 heavy (non-hydrogen) atoms. The molecular formula is C32H31F2N3O7S. The molecule has 0 aliphatic heterocycles. The van der Waals surface area contributed by atoms with E-state index < -0.39 is 29.5 Å². The molecule has 0 saturated heterocycles. The first kappa shape index (κ1) is 33.1. The fourth-order valence-corrected chi connectivity index (χ4v) is 5.40. The molecule has 0 aliphatic carbocycles. The molecule has 0 fully saturated rings. The molecule has 0 atom stereocenters. The minimum Gasteiger partial charge on any atom is -0.468 e. The lowest BCUT2D eigenvalue weighted by Crippen LogP contribution is -2.40. The van der Waals surface area contributed by atoms with Crippen LogP contribution in [0.25, 0.3) is 10.2 Å². The maximum atomic E-state index is 15.0. The predicted molar refractivity (Wildman–Crippen MR) is 162 cm³/mol. The van der Waals surface area contributed by atoms with Gasteiger partial charge in [0.15, 0.2) is 0 Å². The number of benzene rings is 2. The molecule has 2 heterocycles. The Morgan fingerprint density at radius 3 is 2.29 bits per heavy atom. The minimum absolute atomic E-state index is 0.131. The molecule has 236 valence electrons. The van der Waals surface area contributed by atoms with Crippen LogP contribution in [0.4, 0.5) is 8.78 Å². The number of esters is 2. The molecule has 0 bridgehead atoms. The molecule has 4 rings (SSSR count). The normalized spacial score (nSPS) is 11.0. The summed E-state index contributed by atoms with van der Waals surface area (Å²) in [5.41, 5.74) is 1.75. The number of fused-ring (bicyclic) bond motifs is 1.